The SMILES string of the molecule is CCn1ncc(Cl)c1C(N)c1cc(F)cc(Br)c1. The Morgan fingerprint density at radius 3 is 2.83 bits per heavy atom. The van der Waals surface area contributed by atoms with Crippen molar-refractivity contribution in [3.8, 4) is 0 Å². The Hall–Kier alpha value is -0.910. The van der Waals surface area contributed by atoms with Crippen LogP contribution in [-0.2, 0) is 6.54 Å². The fourth-order valence-electron chi connectivity index (χ4n) is 1.85. The van der Waals surface area contributed by atoms with E-state index in [2.05, 4.69) is 21.0 Å². The number of aromatic nitrogens is 2. The highest BCUT2D eigenvalue weighted by molar-refractivity contribution is 9.10. The van der Waals surface area contributed by atoms with Crippen LogP contribution in [0.3, 0.4) is 0 Å². The van der Waals surface area contributed by atoms with Gasteiger partial charge in [-0.05, 0) is 30.7 Å². The molecular formula is C12H12BrClFN3. The van der Waals surface area contributed by atoms with E-state index in [-0.39, 0.29) is 5.82 Å². The third-order valence-corrected chi connectivity index (χ3v) is 3.42. The van der Waals surface area contributed by atoms with Gasteiger partial charge < -0.3 is 5.73 Å². The first-order valence-corrected chi connectivity index (χ1v) is 6.62. The molecule has 0 aliphatic heterocycles. The normalized spacial score (nSPS) is 12.7. The van der Waals surface area contributed by atoms with E-state index in [4.69, 9.17) is 17.3 Å². The molecular weight excluding hydrogens is 321 g/mol. The highest BCUT2D eigenvalue weighted by Crippen LogP contribution is 2.28. The summed E-state index contributed by atoms with van der Waals surface area (Å²) in [6.45, 7) is 2.60. The summed E-state index contributed by atoms with van der Waals surface area (Å²) < 4.78 is 15.7. The molecule has 0 aliphatic rings. The van der Waals surface area contributed by atoms with E-state index in [1.165, 1.54) is 12.1 Å². The van der Waals surface area contributed by atoms with Crippen LogP contribution in [0.1, 0.15) is 24.2 Å². The molecule has 2 N–H and O–H groups in total. The van der Waals surface area contributed by atoms with E-state index in [1.54, 1.807) is 16.9 Å². The van der Waals surface area contributed by atoms with E-state index in [0.29, 0.717) is 27.3 Å². The van der Waals surface area contributed by atoms with Gasteiger partial charge in [-0.25, -0.2) is 4.39 Å². The van der Waals surface area contributed by atoms with Crippen molar-refractivity contribution in [2.24, 2.45) is 5.73 Å². The Balaban J connectivity index is 2.47. The minimum absolute atomic E-state index is 0.339. The minimum atomic E-state index is -0.507. The predicted molar refractivity (Wildman–Crippen MR) is 73.0 cm³/mol. The zero-order valence-corrected chi connectivity index (χ0v) is 12.0. The van der Waals surface area contributed by atoms with E-state index in [9.17, 15) is 4.39 Å². The lowest BCUT2D eigenvalue weighted by molar-refractivity contribution is 0.594. The van der Waals surface area contributed by atoms with Gasteiger partial charge in [0.1, 0.15) is 5.82 Å². The first-order chi connectivity index (χ1) is 8.52. The van der Waals surface area contributed by atoms with Crippen LogP contribution in [0.15, 0.2) is 28.9 Å². The van der Waals surface area contributed by atoms with Gasteiger partial charge in [0, 0.05) is 11.0 Å². The molecule has 0 saturated heterocycles. The summed E-state index contributed by atoms with van der Waals surface area (Å²) in [5.74, 6) is -0.339. The summed E-state index contributed by atoms with van der Waals surface area (Å²) in [5.41, 5.74) is 7.49. The van der Waals surface area contributed by atoms with Gasteiger partial charge >= 0.3 is 0 Å². The van der Waals surface area contributed by atoms with Crippen LogP contribution < -0.4 is 5.73 Å². The number of hydrogen-bond donors (Lipinski definition) is 1. The van der Waals surface area contributed by atoms with Crippen molar-refractivity contribution in [1.29, 1.82) is 0 Å². The van der Waals surface area contributed by atoms with Crippen LogP contribution in [0.25, 0.3) is 0 Å². The van der Waals surface area contributed by atoms with Gasteiger partial charge in [-0.2, -0.15) is 5.10 Å². The van der Waals surface area contributed by atoms with Crippen LogP contribution in [0.5, 0.6) is 0 Å². The monoisotopic (exact) mass is 331 g/mol. The fraction of sp³-hybridized carbons (Fsp3) is 0.250. The predicted octanol–water partition coefficient (Wildman–Crippen LogP) is 3.51. The lowest BCUT2D eigenvalue weighted by Gasteiger charge is -2.15. The van der Waals surface area contributed by atoms with Crippen LogP contribution in [0, 0.1) is 5.82 Å². The summed E-state index contributed by atoms with van der Waals surface area (Å²) in [6.07, 6.45) is 1.55. The molecule has 3 nitrogen and oxygen atoms in total. The maximum absolute atomic E-state index is 13.4. The minimum Gasteiger partial charge on any atom is -0.319 e. The third-order valence-electron chi connectivity index (χ3n) is 2.67. The third kappa shape index (κ3) is 2.58. The molecule has 0 saturated carbocycles. The molecule has 0 aliphatic carbocycles. The Kier molecular flexibility index (Phi) is 4.04. The molecule has 1 atom stereocenters. The zero-order valence-electron chi connectivity index (χ0n) is 9.70. The molecule has 0 bridgehead atoms. The van der Waals surface area contributed by atoms with Crippen LogP contribution >= 0.6 is 27.5 Å². The second-order valence-electron chi connectivity index (χ2n) is 3.87. The molecule has 2 rings (SSSR count). The second-order valence-corrected chi connectivity index (χ2v) is 5.20. The van der Waals surface area contributed by atoms with Crippen molar-refractivity contribution in [2.75, 3.05) is 0 Å². The standard InChI is InChI=1S/C12H12BrClFN3/c1-2-18-12(10(14)6-17-18)11(16)7-3-8(13)5-9(15)4-7/h3-6,11H,2,16H2,1H3. The molecule has 2 aromatic rings. The quantitative estimate of drug-likeness (QED) is 0.935. The van der Waals surface area contributed by atoms with Crippen LogP contribution in [0.2, 0.25) is 5.02 Å². The Morgan fingerprint density at radius 1 is 1.50 bits per heavy atom. The van der Waals surface area contributed by atoms with Gasteiger partial charge in [0.05, 0.1) is 23.0 Å². The Bertz CT molecular complexity index is 550. The number of hydrogen-bond acceptors (Lipinski definition) is 2. The first-order valence-electron chi connectivity index (χ1n) is 5.45. The van der Waals surface area contributed by atoms with Crippen molar-refractivity contribution >= 4 is 27.5 Å². The van der Waals surface area contributed by atoms with Crippen molar-refractivity contribution in [1.82, 2.24) is 9.78 Å². The number of benzene rings is 1. The summed E-state index contributed by atoms with van der Waals surface area (Å²) in [7, 11) is 0. The van der Waals surface area contributed by atoms with Crippen molar-refractivity contribution in [3.63, 3.8) is 0 Å². The number of nitrogens with two attached hydrogens (primary N) is 1. The molecule has 1 unspecified atom stereocenters. The number of halogens is 3. The molecule has 0 amide bonds. The molecule has 0 radical (unpaired) electrons. The molecule has 6 heteroatoms. The lowest BCUT2D eigenvalue weighted by Crippen LogP contribution is -2.17. The Morgan fingerprint density at radius 2 is 2.22 bits per heavy atom. The summed E-state index contributed by atoms with van der Waals surface area (Å²) in [5, 5.41) is 4.62. The maximum Gasteiger partial charge on any atom is 0.124 e. The molecule has 1 aromatic carbocycles. The molecule has 18 heavy (non-hydrogen) atoms. The van der Waals surface area contributed by atoms with Crippen molar-refractivity contribution in [2.45, 2.75) is 19.5 Å². The van der Waals surface area contributed by atoms with Crippen molar-refractivity contribution < 1.29 is 4.39 Å². The van der Waals surface area contributed by atoms with Crippen LogP contribution in [0.4, 0.5) is 4.39 Å². The van der Waals surface area contributed by atoms with E-state index in [1.807, 2.05) is 6.92 Å². The number of rotatable bonds is 3. The molecule has 96 valence electrons. The summed E-state index contributed by atoms with van der Waals surface area (Å²) in [4.78, 5) is 0. The molecule has 1 heterocycles. The largest absolute Gasteiger partial charge is 0.319 e. The Labute approximate surface area is 118 Å². The smallest absolute Gasteiger partial charge is 0.124 e. The number of nitrogens with zero attached hydrogens (tertiary/aromatic N) is 2. The topological polar surface area (TPSA) is 43.8 Å². The second kappa shape index (κ2) is 5.38. The molecule has 1 aromatic heterocycles. The average molecular weight is 333 g/mol. The van der Waals surface area contributed by atoms with Gasteiger partial charge in [-0.3, -0.25) is 4.68 Å². The fourth-order valence-corrected chi connectivity index (χ4v) is 2.59. The van der Waals surface area contributed by atoms with E-state index < -0.39 is 6.04 Å². The molecule has 0 fully saturated rings. The average Bonchev–Trinajstić information content (AvgIpc) is 2.68. The zero-order chi connectivity index (χ0) is 13.3. The highest BCUT2D eigenvalue weighted by atomic mass is 79.9. The van der Waals surface area contributed by atoms with Gasteiger partial charge in [-0.1, -0.05) is 27.5 Å². The molecule has 0 spiro atoms. The summed E-state index contributed by atoms with van der Waals surface area (Å²) >= 11 is 9.33. The van der Waals surface area contributed by atoms with Gasteiger partial charge in [0.25, 0.3) is 0 Å². The first kappa shape index (κ1) is 13.5. The maximum atomic E-state index is 13.4. The van der Waals surface area contributed by atoms with Gasteiger partial charge in [0.2, 0.25) is 0 Å². The lowest BCUT2D eigenvalue weighted by atomic mass is 10.0. The summed E-state index contributed by atoms with van der Waals surface area (Å²) in [6, 6.07) is 4.05. The van der Waals surface area contributed by atoms with Crippen molar-refractivity contribution in [3.05, 3.63) is 51.0 Å². The van der Waals surface area contributed by atoms with Gasteiger partial charge in [0.15, 0.2) is 0 Å². The van der Waals surface area contributed by atoms with E-state index in [0.717, 1.165) is 0 Å². The van der Waals surface area contributed by atoms with Gasteiger partial charge in [-0.15, -0.1) is 0 Å². The number of aryl methyl sites for hydroxylation is 1. The van der Waals surface area contributed by atoms with E-state index >= 15 is 0 Å². The highest BCUT2D eigenvalue weighted by Gasteiger charge is 2.18. The van der Waals surface area contributed by atoms with Crippen LogP contribution in [-0.4, -0.2) is 9.78 Å².